The lowest BCUT2D eigenvalue weighted by molar-refractivity contribution is 0.0998. The fourth-order valence-electron chi connectivity index (χ4n) is 2.64. The molecule has 1 N–H and O–H groups in total. The minimum absolute atomic E-state index is 0.240. The SMILES string of the molecule is Cc1c(C(=O)Nc2nnc(SCc3ccccc3F)s2)oc2cc(Br)ccc12. The number of carbonyl (C=O) groups is 1. The zero-order valence-corrected chi connectivity index (χ0v) is 17.8. The van der Waals surface area contributed by atoms with Gasteiger partial charge in [-0.1, -0.05) is 57.2 Å². The number of aryl methyl sites for hydroxylation is 1. The van der Waals surface area contributed by atoms with Gasteiger partial charge in [-0.15, -0.1) is 10.2 Å². The Morgan fingerprint density at radius 1 is 1.29 bits per heavy atom. The van der Waals surface area contributed by atoms with Crippen LogP contribution in [0, 0.1) is 12.7 Å². The number of furan rings is 1. The first kappa shape index (κ1) is 19.1. The standard InChI is InChI=1S/C19H13BrFN3O2S2/c1-10-13-7-6-12(20)8-15(13)26-16(10)17(25)22-18-23-24-19(28-18)27-9-11-4-2-3-5-14(11)21/h2-8H,9H2,1H3,(H,22,23,25). The first-order valence-electron chi connectivity index (χ1n) is 8.21. The largest absolute Gasteiger partial charge is 0.451 e. The predicted octanol–water partition coefficient (Wildman–Crippen LogP) is 6.04. The van der Waals surface area contributed by atoms with Crippen molar-refractivity contribution in [3.8, 4) is 0 Å². The van der Waals surface area contributed by atoms with Gasteiger partial charge in [0.25, 0.3) is 5.91 Å². The van der Waals surface area contributed by atoms with E-state index in [1.54, 1.807) is 18.2 Å². The highest BCUT2D eigenvalue weighted by molar-refractivity contribution is 9.10. The van der Waals surface area contributed by atoms with Crippen molar-refractivity contribution in [2.24, 2.45) is 0 Å². The number of anilines is 1. The molecule has 2 aromatic heterocycles. The molecule has 0 aliphatic rings. The number of benzene rings is 2. The smallest absolute Gasteiger partial charge is 0.293 e. The van der Waals surface area contributed by atoms with Crippen LogP contribution in [-0.2, 0) is 5.75 Å². The summed E-state index contributed by atoms with van der Waals surface area (Å²) in [6.07, 6.45) is 0. The Labute approximate surface area is 176 Å². The van der Waals surface area contributed by atoms with Gasteiger partial charge in [-0.3, -0.25) is 10.1 Å². The van der Waals surface area contributed by atoms with E-state index >= 15 is 0 Å². The maximum Gasteiger partial charge on any atom is 0.293 e. The number of thioether (sulfide) groups is 1. The Balaban J connectivity index is 1.46. The number of nitrogens with one attached hydrogen (secondary N) is 1. The average Bonchev–Trinajstić information content (AvgIpc) is 3.25. The molecule has 0 unspecified atom stereocenters. The summed E-state index contributed by atoms with van der Waals surface area (Å²) in [5, 5.41) is 12.0. The van der Waals surface area contributed by atoms with Crippen molar-refractivity contribution in [3.05, 3.63) is 69.6 Å². The molecule has 0 bridgehead atoms. The van der Waals surface area contributed by atoms with E-state index in [-0.39, 0.29) is 17.5 Å². The Hall–Kier alpha value is -2.23. The summed E-state index contributed by atoms with van der Waals surface area (Å²) in [6, 6.07) is 12.2. The minimum atomic E-state index is -0.383. The second-order valence-electron chi connectivity index (χ2n) is 5.90. The fourth-order valence-corrected chi connectivity index (χ4v) is 4.72. The van der Waals surface area contributed by atoms with Crippen molar-refractivity contribution >= 4 is 61.0 Å². The van der Waals surface area contributed by atoms with Gasteiger partial charge in [0.05, 0.1) is 0 Å². The van der Waals surface area contributed by atoms with E-state index < -0.39 is 0 Å². The number of amides is 1. The van der Waals surface area contributed by atoms with Gasteiger partial charge in [-0.2, -0.15) is 0 Å². The first-order chi connectivity index (χ1) is 13.5. The molecule has 28 heavy (non-hydrogen) atoms. The Kier molecular flexibility index (Phi) is 5.47. The molecule has 4 aromatic rings. The number of halogens is 2. The highest BCUT2D eigenvalue weighted by atomic mass is 79.9. The molecule has 0 aliphatic carbocycles. The lowest BCUT2D eigenvalue weighted by Crippen LogP contribution is -2.11. The van der Waals surface area contributed by atoms with Crippen LogP contribution in [0.15, 0.2) is 55.7 Å². The van der Waals surface area contributed by atoms with Crippen LogP contribution in [0.3, 0.4) is 0 Å². The van der Waals surface area contributed by atoms with Gasteiger partial charge in [-0.25, -0.2) is 4.39 Å². The fraction of sp³-hybridized carbons (Fsp3) is 0.105. The van der Waals surface area contributed by atoms with Crippen molar-refractivity contribution < 1.29 is 13.6 Å². The number of fused-ring (bicyclic) bond motifs is 1. The molecule has 0 aliphatic heterocycles. The summed E-state index contributed by atoms with van der Waals surface area (Å²) in [5.41, 5.74) is 1.99. The second kappa shape index (κ2) is 8.02. The van der Waals surface area contributed by atoms with Gasteiger partial charge >= 0.3 is 0 Å². The molecule has 0 saturated heterocycles. The van der Waals surface area contributed by atoms with Gasteiger partial charge in [-0.05, 0) is 36.8 Å². The third kappa shape index (κ3) is 3.96. The van der Waals surface area contributed by atoms with E-state index in [4.69, 9.17) is 4.42 Å². The van der Waals surface area contributed by atoms with Crippen molar-refractivity contribution in [1.29, 1.82) is 0 Å². The molecular formula is C19H13BrFN3O2S2. The summed E-state index contributed by atoms with van der Waals surface area (Å²) >= 11 is 5.99. The van der Waals surface area contributed by atoms with E-state index in [9.17, 15) is 9.18 Å². The molecule has 5 nitrogen and oxygen atoms in total. The zero-order chi connectivity index (χ0) is 19.7. The number of carbonyl (C=O) groups excluding carboxylic acids is 1. The number of aromatic nitrogens is 2. The van der Waals surface area contributed by atoms with E-state index in [2.05, 4.69) is 31.4 Å². The Bertz CT molecular complexity index is 1180. The van der Waals surface area contributed by atoms with E-state index in [0.717, 1.165) is 15.4 Å². The molecule has 2 aromatic carbocycles. The summed E-state index contributed by atoms with van der Waals surface area (Å²) in [6.45, 7) is 1.84. The molecule has 9 heteroatoms. The highest BCUT2D eigenvalue weighted by Gasteiger charge is 2.19. The maximum atomic E-state index is 13.7. The van der Waals surface area contributed by atoms with Crippen molar-refractivity contribution in [2.75, 3.05) is 5.32 Å². The van der Waals surface area contributed by atoms with Crippen LogP contribution in [0.2, 0.25) is 0 Å². The van der Waals surface area contributed by atoms with Gasteiger partial charge in [0.1, 0.15) is 11.4 Å². The van der Waals surface area contributed by atoms with Gasteiger partial charge in [0.2, 0.25) is 5.13 Å². The van der Waals surface area contributed by atoms with E-state index in [0.29, 0.717) is 26.4 Å². The van der Waals surface area contributed by atoms with Gasteiger partial charge in [0.15, 0.2) is 10.1 Å². The molecule has 2 heterocycles. The van der Waals surface area contributed by atoms with Crippen molar-refractivity contribution in [3.63, 3.8) is 0 Å². The maximum absolute atomic E-state index is 13.7. The van der Waals surface area contributed by atoms with Crippen LogP contribution in [0.4, 0.5) is 9.52 Å². The molecular weight excluding hydrogens is 465 g/mol. The van der Waals surface area contributed by atoms with Gasteiger partial charge in [0, 0.05) is 21.2 Å². The molecule has 0 saturated carbocycles. The Morgan fingerprint density at radius 3 is 2.93 bits per heavy atom. The molecule has 1 amide bonds. The second-order valence-corrected chi connectivity index (χ2v) is 9.02. The molecule has 0 radical (unpaired) electrons. The number of nitrogens with zero attached hydrogens (tertiary/aromatic N) is 2. The summed E-state index contributed by atoms with van der Waals surface area (Å²) in [5.74, 6) is 0.0443. The quantitative estimate of drug-likeness (QED) is 0.280. The molecule has 0 fully saturated rings. The number of rotatable bonds is 5. The van der Waals surface area contributed by atoms with E-state index in [1.165, 1.54) is 29.2 Å². The first-order valence-corrected chi connectivity index (χ1v) is 10.8. The summed E-state index contributed by atoms with van der Waals surface area (Å²) < 4.78 is 20.9. The predicted molar refractivity (Wildman–Crippen MR) is 112 cm³/mol. The summed E-state index contributed by atoms with van der Waals surface area (Å²) in [7, 11) is 0. The van der Waals surface area contributed by atoms with Gasteiger partial charge < -0.3 is 4.42 Å². The monoisotopic (exact) mass is 477 g/mol. The molecule has 0 atom stereocenters. The number of hydrogen-bond acceptors (Lipinski definition) is 6. The highest BCUT2D eigenvalue weighted by Crippen LogP contribution is 2.31. The molecule has 4 rings (SSSR count). The van der Waals surface area contributed by atoms with Crippen molar-refractivity contribution in [2.45, 2.75) is 17.0 Å². The number of hydrogen-bond donors (Lipinski definition) is 1. The third-order valence-corrected chi connectivity index (χ3v) is 6.56. The normalized spacial score (nSPS) is 11.1. The van der Waals surface area contributed by atoms with Crippen LogP contribution < -0.4 is 5.32 Å². The lowest BCUT2D eigenvalue weighted by Gasteiger charge is -2.00. The van der Waals surface area contributed by atoms with Crippen molar-refractivity contribution in [1.82, 2.24) is 10.2 Å². The van der Waals surface area contributed by atoms with Crippen LogP contribution in [0.5, 0.6) is 0 Å². The average molecular weight is 478 g/mol. The molecule has 0 spiro atoms. The minimum Gasteiger partial charge on any atom is -0.451 e. The summed E-state index contributed by atoms with van der Waals surface area (Å²) in [4.78, 5) is 12.6. The third-order valence-electron chi connectivity index (χ3n) is 4.04. The van der Waals surface area contributed by atoms with Crippen LogP contribution in [0.25, 0.3) is 11.0 Å². The topological polar surface area (TPSA) is 68.0 Å². The van der Waals surface area contributed by atoms with Crippen LogP contribution in [0.1, 0.15) is 21.7 Å². The van der Waals surface area contributed by atoms with Crippen LogP contribution in [-0.4, -0.2) is 16.1 Å². The Morgan fingerprint density at radius 2 is 2.11 bits per heavy atom. The zero-order valence-electron chi connectivity index (χ0n) is 14.5. The van der Waals surface area contributed by atoms with E-state index in [1.807, 2.05) is 25.1 Å². The van der Waals surface area contributed by atoms with Crippen LogP contribution >= 0.6 is 39.0 Å². The lowest BCUT2D eigenvalue weighted by atomic mass is 10.1. The molecule has 142 valence electrons.